The van der Waals surface area contributed by atoms with Crippen molar-refractivity contribution in [2.75, 3.05) is 0 Å². The van der Waals surface area contributed by atoms with Gasteiger partial charge in [0.05, 0.1) is 5.69 Å². The number of nitrogens with one attached hydrogen (secondary N) is 1. The molecule has 0 aliphatic rings. The van der Waals surface area contributed by atoms with Gasteiger partial charge < -0.3 is 0 Å². The number of hydrogen-bond acceptors (Lipinski definition) is 1. The molecule has 0 aliphatic heterocycles. The van der Waals surface area contributed by atoms with Crippen molar-refractivity contribution in [2.45, 2.75) is 26.7 Å². The molecule has 0 saturated heterocycles. The lowest BCUT2D eigenvalue weighted by Crippen LogP contribution is -1.87. The fourth-order valence-corrected chi connectivity index (χ4v) is 1.88. The molecule has 0 radical (unpaired) electrons. The van der Waals surface area contributed by atoms with Crippen molar-refractivity contribution in [3.05, 3.63) is 41.7 Å². The minimum Gasteiger partial charge on any atom is -0.282 e. The first-order valence-electron chi connectivity index (χ1n) is 5.48. The van der Waals surface area contributed by atoms with Crippen LogP contribution in [0.1, 0.15) is 25.2 Å². The van der Waals surface area contributed by atoms with E-state index in [2.05, 4.69) is 48.3 Å². The SMILES string of the molecule is CCc1n[nH]c(CC)c1-c1ccccc1. The van der Waals surface area contributed by atoms with Crippen LogP contribution >= 0.6 is 0 Å². The van der Waals surface area contributed by atoms with Gasteiger partial charge in [-0.3, -0.25) is 5.10 Å². The summed E-state index contributed by atoms with van der Waals surface area (Å²) in [6, 6.07) is 10.5. The van der Waals surface area contributed by atoms with E-state index in [0.29, 0.717) is 0 Å². The maximum absolute atomic E-state index is 4.36. The van der Waals surface area contributed by atoms with Crippen molar-refractivity contribution in [1.82, 2.24) is 10.2 Å². The fraction of sp³-hybridized carbons (Fsp3) is 0.308. The fourth-order valence-electron chi connectivity index (χ4n) is 1.88. The van der Waals surface area contributed by atoms with Gasteiger partial charge in [-0.05, 0) is 18.4 Å². The number of H-pyrrole nitrogens is 1. The first-order valence-corrected chi connectivity index (χ1v) is 5.48. The highest BCUT2D eigenvalue weighted by Crippen LogP contribution is 2.26. The molecular weight excluding hydrogens is 184 g/mol. The average Bonchev–Trinajstić information content (AvgIpc) is 2.72. The number of benzene rings is 1. The van der Waals surface area contributed by atoms with Crippen LogP contribution in [-0.2, 0) is 12.8 Å². The van der Waals surface area contributed by atoms with Crippen molar-refractivity contribution in [3.8, 4) is 11.1 Å². The molecule has 2 aromatic rings. The predicted octanol–water partition coefficient (Wildman–Crippen LogP) is 3.20. The summed E-state index contributed by atoms with van der Waals surface area (Å²) in [5.41, 5.74) is 4.96. The normalized spacial score (nSPS) is 10.5. The number of rotatable bonds is 3. The second-order valence-electron chi connectivity index (χ2n) is 3.60. The van der Waals surface area contributed by atoms with Crippen LogP contribution in [0.3, 0.4) is 0 Å². The second kappa shape index (κ2) is 4.30. The minimum absolute atomic E-state index is 0.973. The Morgan fingerprint density at radius 1 is 1.07 bits per heavy atom. The number of hydrogen-bond donors (Lipinski definition) is 1. The van der Waals surface area contributed by atoms with Crippen molar-refractivity contribution >= 4 is 0 Å². The molecule has 0 aliphatic carbocycles. The van der Waals surface area contributed by atoms with E-state index in [1.165, 1.54) is 16.8 Å². The Bertz CT molecular complexity index is 408. The van der Waals surface area contributed by atoms with Gasteiger partial charge >= 0.3 is 0 Å². The van der Waals surface area contributed by atoms with E-state index in [1.54, 1.807) is 0 Å². The molecule has 15 heavy (non-hydrogen) atoms. The molecule has 0 bridgehead atoms. The highest BCUT2D eigenvalue weighted by atomic mass is 15.1. The molecule has 2 nitrogen and oxygen atoms in total. The van der Waals surface area contributed by atoms with Crippen LogP contribution in [0.15, 0.2) is 30.3 Å². The Morgan fingerprint density at radius 3 is 2.40 bits per heavy atom. The molecule has 2 rings (SSSR count). The lowest BCUT2D eigenvalue weighted by molar-refractivity contribution is 0.936. The van der Waals surface area contributed by atoms with E-state index in [0.717, 1.165) is 18.5 Å². The van der Waals surface area contributed by atoms with Gasteiger partial charge in [0.15, 0.2) is 0 Å². The smallest absolute Gasteiger partial charge is 0.0700 e. The summed E-state index contributed by atoms with van der Waals surface area (Å²) in [6.45, 7) is 4.29. The molecule has 0 saturated carbocycles. The van der Waals surface area contributed by atoms with E-state index < -0.39 is 0 Å². The van der Waals surface area contributed by atoms with Gasteiger partial charge in [0.2, 0.25) is 0 Å². The summed E-state index contributed by atoms with van der Waals surface area (Å²) < 4.78 is 0. The maximum Gasteiger partial charge on any atom is 0.0700 e. The quantitative estimate of drug-likeness (QED) is 0.809. The molecule has 0 fully saturated rings. The Kier molecular flexibility index (Phi) is 2.86. The Morgan fingerprint density at radius 2 is 1.80 bits per heavy atom. The third kappa shape index (κ3) is 1.80. The van der Waals surface area contributed by atoms with Crippen LogP contribution < -0.4 is 0 Å². The van der Waals surface area contributed by atoms with E-state index in [-0.39, 0.29) is 0 Å². The van der Waals surface area contributed by atoms with Gasteiger partial charge in [-0.2, -0.15) is 5.10 Å². The molecule has 0 unspecified atom stereocenters. The Labute approximate surface area is 90.3 Å². The molecular formula is C13H16N2. The van der Waals surface area contributed by atoms with Crippen molar-refractivity contribution < 1.29 is 0 Å². The summed E-state index contributed by atoms with van der Waals surface area (Å²) in [4.78, 5) is 0. The predicted molar refractivity (Wildman–Crippen MR) is 62.8 cm³/mol. The summed E-state index contributed by atoms with van der Waals surface area (Å²) >= 11 is 0. The number of aromatic nitrogens is 2. The van der Waals surface area contributed by atoms with Gasteiger partial charge in [-0.1, -0.05) is 44.2 Å². The zero-order valence-corrected chi connectivity index (χ0v) is 9.25. The van der Waals surface area contributed by atoms with E-state index >= 15 is 0 Å². The van der Waals surface area contributed by atoms with E-state index in [1.807, 2.05) is 6.07 Å². The number of aromatic amines is 1. The largest absolute Gasteiger partial charge is 0.282 e. The summed E-state index contributed by atoms with van der Waals surface area (Å²) in [7, 11) is 0. The highest BCUT2D eigenvalue weighted by Gasteiger charge is 2.11. The number of aryl methyl sites for hydroxylation is 2. The summed E-state index contributed by atoms with van der Waals surface area (Å²) in [5, 5.41) is 7.48. The third-order valence-electron chi connectivity index (χ3n) is 2.67. The molecule has 78 valence electrons. The molecule has 1 aromatic carbocycles. The molecule has 1 aromatic heterocycles. The molecule has 1 N–H and O–H groups in total. The second-order valence-corrected chi connectivity index (χ2v) is 3.60. The van der Waals surface area contributed by atoms with Crippen molar-refractivity contribution in [1.29, 1.82) is 0 Å². The molecule has 0 atom stereocenters. The maximum atomic E-state index is 4.36. The van der Waals surface area contributed by atoms with Crippen LogP contribution in [0.2, 0.25) is 0 Å². The molecule has 0 spiro atoms. The average molecular weight is 200 g/mol. The van der Waals surface area contributed by atoms with Gasteiger partial charge in [-0.25, -0.2) is 0 Å². The van der Waals surface area contributed by atoms with Gasteiger partial charge in [0.25, 0.3) is 0 Å². The van der Waals surface area contributed by atoms with Gasteiger partial charge in [-0.15, -0.1) is 0 Å². The standard InChI is InChI=1S/C13H16N2/c1-3-11-13(12(4-2)15-14-11)10-8-6-5-7-9-10/h5-9H,3-4H2,1-2H3,(H,14,15). The van der Waals surface area contributed by atoms with Crippen LogP contribution in [0.5, 0.6) is 0 Å². The molecule has 1 heterocycles. The number of nitrogens with zero attached hydrogens (tertiary/aromatic N) is 1. The lowest BCUT2D eigenvalue weighted by atomic mass is 10.0. The van der Waals surface area contributed by atoms with E-state index in [4.69, 9.17) is 0 Å². The van der Waals surface area contributed by atoms with Crippen molar-refractivity contribution in [2.24, 2.45) is 0 Å². The van der Waals surface area contributed by atoms with E-state index in [9.17, 15) is 0 Å². The Balaban J connectivity index is 2.55. The monoisotopic (exact) mass is 200 g/mol. The summed E-state index contributed by atoms with van der Waals surface area (Å²) in [6.07, 6.45) is 1.97. The summed E-state index contributed by atoms with van der Waals surface area (Å²) in [5.74, 6) is 0. The highest BCUT2D eigenvalue weighted by molar-refractivity contribution is 5.68. The molecule has 2 heteroatoms. The first kappa shape index (κ1) is 9.97. The lowest BCUT2D eigenvalue weighted by Gasteiger charge is -2.03. The zero-order chi connectivity index (χ0) is 10.7. The van der Waals surface area contributed by atoms with Crippen molar-refractivity contribution in [3.63, 3.8) is 0 Å². The van der Waals surface area contributed by atoms with Gasteiger partial charge in [0, 0.05) is 11.3 Å². The first-order chi connectivity index (χ1) is 7.36. The third-order valence-corrected chi connectivity index (χ3v) is 2.67. The van der Waals surface area contributed by atoms with Crippen LogP contribution in [0.25, 0.3) is 11.1 Å². The Hall–Kier alpha value is -1.57. The van der Waals surface area contributed by atoms with Crippen LogP contribution in [0.4, 0.5) is 0 Å². The van der Waals surface area contributed by atoms with Gasteiger partial charge in [0.1, 0.15) is 0 Å². The minimum atomic E-state index is 0.973. The zero-order valence-electron chi connectivity index (χ0n) is 9.25. The van der Waals surface area contributed by atoms with Crippen LogP contribution in [-0.4, -0.2) is 10.2 Å². The van der Waals surface area contributed by atoms with Crippen LogP contribution in [0, 0.1) is 0 Å². The topological polar surface area (TPSA) is 28.7 Å². The molecule has 0 amide bonds.